The first-order valence-electron chi connectivity index (χ1n) is 4.37. The van der Waals surface area contributed by atoms with E-state index in [1.807, 2.05) is 0 Å². The van der Waals surface area contributed by atoms with E-state index >= 15 is 0 Å². The Kier molecular flexibility index (Phi) is 3.40. The fourth-order valence-corrected chi connectivity index (χ4v) is 1.31. The van der Waals surface area contributed by atoms with Crippen LogP contribution in [-0.4, -0.2) is 10.9 Å². The maximum Gasteiger partial charge on any atom is 0.417 e. The van der Waals surface area contributed by atoms with E-state index in [1.165, 1.54) is 0 Å². The molecule has 0 amide bonds. The normalized spacial score (nSPS) is 11.9. The topological polar surface area (TPSA) is 37.3 Å². The number of halogens is 5. The highest BCUT2D eigenvalue weighted by atomic mass is 19.4. The van der Waals surface area contributed by atoms with Crippen molar-refractivity contribution in [1.29, 1.82) is 0 Å². The zero-order valence-electron chi connectivity index (χ0n) is 8.48. The van der Waals surface area contributed by atoms with E-state index in [0.29, 0.717) is 6.07 Å². The fraction of sp³-hybridized carbons (Fsp3) is 0.300. The van der Waals surface area contributed by atoms with Crippen LogP contribution in [-0.2, 0) is 6.18 Å². The summed E-state index contributed by atoms with van der Waals surface area (Å²) in [6.45, 7) is 0.830. The molecule has 0 aromatic heterocycles. The molecule has 7 heteroatoms. The predicted octanol–water partition coefficient (Wildman–Crippen LogP) is 3.55. The van der Waals surface area contributed by atoms with Gasteiger partial charge in [0.05, 0.1) is 11.1 Å². The molecule has 0 aliphatic rings. The fourth-order valence-electron chi connectivity index (χ4n) is 1.31. The van der Waals surface area contributed by atoms with Crippen LogP contribution in [0.3, 0.4) is 0 Å². The van der Waals surface area contributed by atoms with Crippen molar-refractivity contribution in [3.63, 3.8) is 0 Å². The molecule has 17 heavy (non-hydrogen) atoms. The van der Waals surface area contributed by atoms with Gasteiger partial charge in [-0.1, -0.05) is 0 Å². The van der Waals surface area contributed by atoms with E-state index in [2.05, 4.69) is 0 Å². The summed E-state index contributed by atoms with van der Waals surface area (Å²) in [7, 11) is 0. The van der Waals surface area contributed by atoms with Crippen molar-refractivity contribution in [3.8, 4) is 5.75 Å². The number of aromatic hydroxyl groups is 1. The second-order valence-electron chi connectivity index (χ2n) is 3.31. The Morgan fingerprint density at radius 2 is 1.82 bits per heavy atom. The molecule has 0 unspecified atom stereocenters. The molecule has 0 heterocycles. The summed E-state index contributed by atoms with van der Waals surface area (Å²) in [6, 6.07) is 0.503. The first kappa shape index (κ1) is 13.4. The van der Waals surface area contributed by atoms with Crippen molar-refractivity contribution >= 4 is 5.78 Å². The molecule has 0 saturated heterocycles. The lowest BCUT2D eigenvalue weighted by atomic mass is 10.00. The van der Waals surface area contributed by atoms with Crippen LogP contribution in [0, 0.1) is 0 Å². The molecule has 0 aliphatic heterocycles. The molecule has 0 saturated carbocycles. The molecule has 0 aliphatic carbocycles. The van der Waals surface area contributed by atoms with E-state index in [-0.39, 0.29) is 6.07 Å². The van der Waals surface area contributed by atoms with Crippen LogP contribution in [0.25, 0.3) is 0 Å². The number of carbonyl (C=O) groups excluding carboxylic acids is 1. The van der Waals surface area contributed by atoms with Gasteiger partial charge < -0.3 is 5.11 Å². The predicted molar refractivity (Wildman–Crippen MR) is 48.1 cm³/mol. The SMILES string of the molecule is CC(=O)c1cc(C(F)F)c(O)cc1C(F)(F)F. The highest BCUT2D eigenvalue weighted by molar-refractivity contribution is 5.96. The second-order valence-corrected chi connectivity index (χ2v) is 3.31. The molecule has 0 spiro atoms. The smallest absolute Gasteiger partial charge is 0.417 e. The van der Waals surface area contributed by atoms with Gasteiger partial charge in [0.1, 0.15) is 5.75 Å². The molecule has 0 fully saturated rings. The second kappa shape index (κ2) is 4.31. The summed E-state index contributed by atoms with van der Waals surface area (Å²) >= 11 is 0. The lowest BCUT2D eigenvalue weighted by Gasteiger charge is -2.13. The molecule has 0 atom stereocenters. The van der Waals surface area contributed by atoms with Crippen molar-refractivity contribution in [2.75, 3.05) is 0 Å². The summed E-state index contributed by atoms with van der Waals surface area (Å²) in [4.78, 5) is 11.0. The molecule has 1 aromatic rings. The van der Waals surface area contributed by atoms with Crippen LogP contribution in [0.4, 0.5) is 22.0 Å². The van der Waals surface area contributed by atoms with Gasteiger partial charge >= 0.3 is 6.18 Å². The van der Waals surface area contributed by atoms with Crippen molar-refractivity contribution < 1.29 is 31.9 Å². The van der Waals surface area contributed by atoms with Crippen LogP contribution in [0.15, 0.2) is 12.1 Å². The summed E-state index contributed by atoms with van der Waals surface area (Å²) in [6.07, 6.45) is -8.05. The monoisotopic (exact) mass is 254 g/mol. The number of Topliss-reactive ketones (excluding diaryl/α,β-unsaturated/α-hetero) is 1. The number of hydrogen-bond donors (Lipinski definition) is 1. The minimum atomic E-state index is -4.89. The highest BCUT2D eigenvalue weighted by Gasteiger charge is 2.36. The first-order chi connectivity index (χ1) is 7.64. The van der Waals surface area contributed by atoms with Gasteiger partial charge in [-0.25, -0.2) is 8.78 Å². The Bertz CT molecular complexity index is 451. The summed E-state index contributed by atoms with van der Waals surface area (Å²) in [5, 5.41) is 9.04. The van der Waals surface area contributed by atoms with Crippen molar-refractivity contribution in [2.24, 2.45) is 0 Å². The van der Waals surface area contributed by atoms with E-state index < -0.39 is 40.8 Å². The van der Waals surface area contributed by atoms with Gasteiger partial charge in [0.2, 0.25) is 0 Å². The van der Waals surface area contributed by atoms with Gasteiger partial charge in [0.15, 0.2) is 5.78 Å². The molecular weight excluding hydrogens is 247 g/mol. The van der Waals surface area contributed by atoms with Crippen molar-refractivity contribution in [2.45, 2.75) is 19.5 Å². The molecule has 2 nitrogen and oxygen atoms in total. The zero-order chi connectivity index (χ0) is 13.4. The quantitative estimate of drug-likeness (QED) is 0.647. The first-order valence-corrected chi connectivity index (χ1v) is 4.37. The molecule has 1 aromatic carbocycles. The lowest BCUT2D eigenvalue weighted by molar-refractivity contribution is -0.138. The van der Waals surface area contributed by atoms with E-state index in [1.54, 1.807) is 0 Å². The maximum absolute atomic E-state index is 12.5. The Balaban J connectivity index is 3.53. The van der Waals surface area contributed by atoms with Gasteiger partial charge in [-0.2, -0.15) is 13.2 Å². The van der Waals surface area contributed by atoms with E-state index in [9.17, 15) is 26.7 Å². The Hall–Kier alpha value is -1.66. The Morgan fingerprint density at radius 3 is 2.18 bits per heavy atom. The molecule has 0 bridgehead atoms. The Labute approximate surface area is 92.7 Å². The number of alkyl halides is 5. The minimum Gasteiger partial charge on any atom is -0.507 e. The van der Waals surface area contributed by atoms with Crippen LogP contribution < -0.4 is 0 Å². The maximum atomic E-state index is 12.5. The van der Waals surface area contributed by atoms with E-state index in [4.69, 9.17) is 5.11 Å². The third-order valence-electron chi connectivity index (χ3n) is 2.09. The van der Waals surface area contributed by atoms with Crippen molar-refractivity contribution in [3.05, 3.63) is 28.8 Å². The summed E-state index contributed by atoms with van der Waals surface area (Å²) in [5.74, 6) is -2.18. The number of phenols is 1. The number of benzene rings is 1. The molecule has 94 valence electrons. The highest BCUT2D eigenvalue weighted by Crippen LogP contribution is 2.38. The summed E-state index contributed by atoms with van der Waals surface area (Å²) in [5.41, 5.74) is -3.30. The number of phenolic OH excluding ortho intramolecular Hbond substituents is 1. The van der Waals surface area contributed by atoms with Crippen LogP contribution in [0.2, 0.25) is 0 Å². The van der Waals surface area contributed by atoms with Crippen LogP contribution >= 0.6 is 0 Å². The van der Waals surface area contributed by atoms with Gasteiger partial charge in [0, 0.05) is 5.56 Å². The van der Waals surface area contributed by atoms with Gasteiger partial charge in [-0.3, -0.25) is 4.79 Å². The van der Waals surface area contributed by atoms with Gasteiger partial charge in [-0.15, -0.1) is 0 Å². The molecule has 1 N–H and O–H groups in total. The summed E-state index contributed by atoms with van der Waals surface area (Å²) < 4.78 is 62.1. The third-order valence-corrected chi connectivity index (χ3v) is 2.09. The Morgan fingerprint density at radius 1 is 1.29 bits per heavy atom. The molecule has 1 rings (SSSR count). The van der Waals surface area contributed by atoms with Crippen LogP contribution in [0.1, 0.15) is 34.8 Å². The van der Waals surface area contributed by atoms with Crippen molar-refractivity contribution in [1.82, 2.24) is 0 Å². The van der Waals surface area contributed by atoms with Crippen LogP contribution in [0.5, 0.6) is 5.75 Å². The number of carbonyl (C=O) groups is 1. The van der Waals surface area contributed by atoms with E-state index in [0.717, 1.165) is 6.92 Å². The number of hydrogen-bond acceptors (Lipinski definition) is 2. The third kappa shape index (κ3) is 2.72. The average molecular weight is 254 g/mol. The standard InChI is InChI=1S/C10H7F5O2/c1-4(16)5-2-6(9(11)12)8(17)3-7(5)10(13,14)15/h2-3,9,17H,1H3. The largest absolute Gasteiger partial charge is 0.507 e. The van der Waals surface area contributed by atoms with Gasteiger partial charge in [-0.05, 0) is 19.1 Å². The average Bonchev–Trinajstić information content (AvgIpc) is 2.14. The lowest BCUT2D eigenvalue weighted by Crippen LogP contribution is -2.12. The zero-order valence-corrected chi connectivity index (χ0v) is 8.48. The minimum absolute atomic E-state index is 0.137. The molecule has 0 radical (unpaired) electrons. The number of ketones is 1. The van der Waals surface area contributed by atoms with Gasteiger partial charge in [0.25, 0.3) is 6.43 Å². The number of rotatable bonds is 2. The molecular formula is C10H7F5O2.